The molecule has 1 aromatic rings. The summed E-state index contributed by atoms with van der Waals surface area (Å²) in [5.41, 5.74) is 0.584. The Balaban J connectivity index is 2.32. The Morgan fingerprint density at radius 2 is 2.19 bits per heavy atom. The van der Waals surface area contributed by atoms with Crippen LogP contribution in [0.4, 0.5) is 0 Å². The Morgan fingerprint density at radius 1 is 1.43 bits per heavy atom. The number of carbonyl (C=O) groups is 2. The van der Waals surface area contributed by atoms with Gasteiger partial charge in [-0.15, -0.1) is 5.10 Å². The van der Waals surface area contributed by atoms with Crippen molar-refractivity contribution in [3.05, 3.63) is 11.9 Å². The molecular weight excluding hydrogens is 272 g/mol. The van der Waals surface area contributed by atoms with Crippen molar-refractivity contribution in [2.45, 2.75) is 65.0 Å². The topological polar surface area (TPSA) is 97.1 Å². The maximum atomic E-state index is 11.8. The lowest BCUT2D eigenvalue weighted by Crippen LogP contribution is -2.35. The van der Waals surface area contributed by atoms with Crippen LogP contribution in [0.3, 0.4) is 0 Å². The number of nitrogens with zero attached hydrogens (tertiary/aromatic N) is 3. The van der Waals surface area contributed by atoms with E-state index in [-0.39, 0.29) is 24.9 Å². The van der Waals surface area contributed by atoms with Gasteiger partial charge in [0.25, 0.3) is 0 Å². The van der Waals surface area contributed by atoms with Gasteiger partial charge in [-0.05, 0) is 13.3 Å². The minimum atomic E-state index is -0.872. The van der Waals surface area contributed by atoms with Crippen LogP contribution in [-0.4, -0.2) is 38.0 Å². The number of hydrogen-bond acceptors (Lipinski definition) is 4. The lowest BCUT2D eigenvalue weighted by molar-refractivity contribution is -0.137. The predicted octanol–water partition coefficient (Wildman–Crippen LogP) is 1.38. The standard InChI is InChI=1S/C14H24N4O3/c1-3-4-5-6-11(2)15-13(19)10-18-9-12(16-17-18)7-8-14(20)21/h9,11H,3-8,10H2,1-2H3,(H,15,19)(H,20,21). The first kappa shape index (κ1) is 17.1. The quantitative estimate of drug-likeness (QED) is 0.636. The number of rotatable bonds is 10. The van der Waals surface area contributed by atoms with E-state index in [1.165, 1.54) is 17.5 Å². The zero-order chi connectivity index (χ0) is 15.7. The van der Waals surface area contributed by atoms with Gasteiger partial charge in [0, 0.05) is 18.7 Å². The molecule has 2 N–H and O–H groups in total. The van der Waals surface area contributed by atoms with Crippen molar-refractivity contribution in [2.24, 2.45) is 0 Å². The summed E-state index contributed by atoms with van der Waals surface area (Å²) in [6.07, 6.45) is 6.38. The van der Waals surface area contributed by atoms with Gasteiger partial charge in [-0.3, -0.25) is 9.59 Å². The van der Waals surface area contributed by atoms with E-state index in [4.69, 9.17) is 5.11 Å². The van der Waals surface area contributed by atoms with Crippen LogP contribution in [0.1, 0.15) is 51.6 Å². The van der Waals surface area contributed by atoms with Crippen molar-refractivity contribution in [2.75, 3.05) is 0 Å². The normalized spacial score (nSPS) is 12.1. The molecule has 1 amide bonds. The molecule has 1 heterocycles. The molecule has 1 rings (SSSR count). The number of carboxylic acid groups (broad SMARTS) is 1. The average molecular weight is 296 g/mol. The molecule has 1 atom stereocenters. The molecular formula is C14H24N4O3. The van der Waals surface area contributed by atoms with Crippen molar-refractivity contribution in [1.82, 2.24) is 20.3 Å². The molecule has 0 bridgehead atoms. The fraction of sp³-hybridized carbons (Fsp3) is 0.714. The van der Waals surface area contributed by atoms with E-state index in [1.807, 2.05) is 6.92 Å². The predicted molar refractivity (Wildman–Crippen MR) is 77.7 cm³/mol. The molecule has 21 heavy (non-hydrogen) atoms. The summed E-state index contributed by atoms with van der Waals surface area (Å²) in [4.78, 5) is 22.3. The molecule has 118 valence electrons. The van der Waals surface area contributed by atoms with Crippen LogP contribution in [0.25, 0.3) is 0 Å². The van der Waals surface area contributed by atoms with Crippen LogP contribution in [0.5, 0.6) is 0 Å². The number of aromatic nitrogens is 3. The van der Waals surface area contributed by atoms with E-state index in [0.29, 0.717) is 12.1 Å². The molecule has 0 fully saturated rings. The van der Waals surface area contributed by atoms with Gasteiger partial charge in [0.1, 0.15) is 6.54 Å². The van der Waals surface area contributed by atoms with Gasteiger partial charge < -0.3 is 10.4 Å². The number of carbonyl (C=O) groups excluding carboxylic acids is 1. The number of hydrogen-bond donors (Lipinski definition) is 2. The molecule has 7 nitrogen and oxygen atoms in total. The number of amides is 1. The third kappa shape index (κ3) is 7.43. The molecule has 7 heteroatoms. The summed E-state index contributed by atoms with van der Waals surface area (Å²) in [6, 6.07) is 0.152. The molecule has 0 aliphatic rings. The highest BCUT2D eigenvalue weighted by Crippen LogP contribution is 2.03. The van der Waals surface area contributed by atoms with Crippen molar-refractivity contribution in [3.8, 4) is 0 Å². The Morgan fingerprint density at radius 3 is 2.86 bits per heavy atom. The van der Waals surface area contributed by atoms with Crippen molar-refractivity contribution >= 4 is 11.9 Å². The lowest BCUT2D eigenvalue weighted by atomic mass is 10.1. The molecule has 0 aliphatic carbocycles. The molecule has 0 radical (unpaired) electrons. The summed E-state index contributed by atoms with van der Waals surface area (Å²) >= 11 is 0. The minimum Gasteiger partial charge on any atom is -0.481 e. The van der Waals surface area contributed by atoms with Crippen LogP contribution in [-0.2, 0) is 22.6 Å². The largest absolute Gasteiger partial charge is 0.481 e. The van der Waals surface area contributed by atoms with Crippen LogP contribution >= 0.6 is 0 Å². The maximum absolute atomic E-state index is 11.8. The summed E-state index contributed by atoms with van der Waals surface area (Å²) < 4.78 is 1.44. The Bertz CT molecular complexity index is 459. The van der Waals surface area contributed by atoms with Crippen LogP contribution in [0.15, 0.2) is 6.20 Å². The molecule has 0 saturated carbocycles. The smallest absolute Gasteiger partial charge is 0.303 e. The number of unbranched alkanes of at least 4 members (excludes halogenated alkanes) is 2. The molecule has 0 aliphatic heterocycles. The Kier molecular flexibility index (Phi) is 7.42. The van der Waals surface area contributed by atoms with Gasteiger partial charge in [0.15, 0.2) is 0 Å². The van der Waals surface area contributed by atoms with E-state index < -0.39 is 5.97 Å². The summed E-state index contributed by atoms with van der Waals surface area (Å²) in [5.74, 6) is -0.975. The van der Waals surface area contributed by atoms with Crippen LogP contribution < -0.4 is 5.32 Å². The van der Waals surface area contributed by atoms with E-state index in [2.05, 4.69) is 22.6 Å². The van der Waals surface area contributed by atoms with E-state index in [1.54, 1.807) is 6.20 Å². The Hall–Kier alpha value is -1.92. The molecule has 0 saturated heterocycles. The first-order chi connectivity index (χ1) is 10.0. The fourth-order valence-corrected chi connectivity index (χ4v) is 2.01. The monoisotopic (exact) mass is 296 g/mol. The van der Waals surface area contributed by atoms with Gasteiger partial charge >= 0.3 is 5.97 Å². The van der Waals surface area contributed by atoms with Gasteiger partial charge in [0.2, 0.25) is 5.91 Å². The van der Waals surface area contributed by atoms with Crippen LogP contribution in [0, 0.1) is 0 Å². The SMILES string of the molecule is CCCCCC(C)NC(=O)Cn1cc(CCC(=O)O)nn1. The highest BCUT2D eigenvalue weighted by atomic mass is 16.4. The van der Waals surface area contributed by atoms with E-state index in [0.717, 1.165) is 12.8 Å². The first-order valence-electron chi connectivity index (χ1n) is 7.41. The average Bonchev–Trinajstić information content (AvgIpc) is 2.84. The maximum Gasteiger partial charge on any atom is 0.303 e. The highest BCUT2D eigenvalue weighted by Gasteiger charge is 2.10. The second-order valence-electron chi connectivity index (χ2n) is 5.27. The van der Waals surface area contributed by atoms with E-state index in [9.17, 15) is 9.59 Å². The summed E-state index contributed by atoms with van der Waals surface area (Å²) in [7, 11) is 0. The summed E-state index contributed by atoms with van der Waals surface area (Å²) in [6.45, 7) is 4.25. The summed E-state index contributed by atoms with van der Waals surface area (Å²) in [5, 5.41) is 19.2. The second-order valence-corrected chi connectivity index (χ2v) is 5.27. The number of carboxylic acids is 1. The number of aryl methyl sites for hydroxylation is 1. The molecule has 0 aromatic carbocycles. The van der Waals surface area contributed by atoms with Gasteiger partial charge in [-0.1, -0.05) is 31.4 Å². The van der Waals surface area contributed by atoms with Gasteiger partial charge in [0.05, 0.1) is 12.1 Å². The Labute approximate surface area is 124 Å². The molecule has 1 unspecified atom stereocenters. The third-order valence-electron chi connectivity index (χ3n) is 3.13. The molecule has 1 aromatic heterocycles. The van der Waals surface area contributed by atoms with Gasteiger partial charge in [-0.25, -0.2) is 4.68 Å². The van der Waals surface area contributed by atoms with Crippen molar-refractivity contribution in [3.63, 3.8) is 0 Å². The minimum absolute atomic E-state index is 0.0132. The zero-order valence-electron chi connectivity index (χ0n) is 12.7. The third-order valence-corrected chi connectivity index (χ3v) is 3.13. The fourth-order valence-electron chi connectivity index (χ4n) is 2.01. The molecule has 0 spiro atoms. The van der Waals surface area contributed by atoms with E-state index >= 15 is 0 Å². The highest BCUT2D eigenvalue weighted by molar-refractivity contribution is 5.75. The van der Waals surface area contributed by atoms with Crippen molar-refractivity contribution in [1.29, 1.82) is 0 Å². The first-order valence-corrected chi connectivity index (χ1v) is 7.41. The number of aliphatic carboxylic acids is 1. The van der Waals surface area contributed by atoms with Gasteiger partial charge in [-0.2, -0.15) is 0 Å². The number of nitrogens with one attached hydrogen (secondary N) is 1. The van der Waals surface area contributed by atoms with Crippen LogP contribution in [0.2, 0.25) is 0 Å². The lowest BCUT2D eigenvalue weighted by Gasteiger charge is -2.13. The van der Waals surface area contributed by atoms with Crippen molar-refractivity contribution < 1.29 is 14.7 Å². The zero-order valence-corrected chi connectivity index (χ0v) is 12.7. The second kappa shape index (κ2) is 9.10.